The topological polar surface area (TPSA) is 109 Å². The maximum atomic E-state index is 13.7. The first-order valence-corrected chi connectivity index (χ1v) is 10.4. The molecule has 0 aliphatic carbocycles. The zero-order valence-electron chi connectivity index (χ0n) is 17.6. The number of carbonyl (C=O) groups excluding carboxylic acids is 1. The fourth-order valence-electron chi connectivity index (χ4n) is 3.34. The molecule has 32 heavy (non-hydrogen) atoms. The highest BCUT2D eigenvalue weighted by Gasteiger charge is 2.24. The average Bonchev–Trinajstić information content (AvgIpc) is 3.54. The number of para-hydroxylation sites is 1. The summed E-state index contributed by atoms with van der Waals surface area (Å²) in [5.74, 6) is 0.883. The Hall–Kier alpha value is -3.76. The average molecular weight is 452 g/mol. The molecule has 0 saturated heterocycles. The van der Waals surface area contributed by atoms with Gasteiger partial charge in [0.05, 0.1) is 39.3 Å². The molecular weight excluding hydrogens is 432 g/mol. The van der Waals surface area contributed by atoms with Gasteiger partial charge < -0.3 is 19.3 Å². The number of ether oxygens (including phenoxy) is 3. The molecule has 4 aromatic rings. The Morgan fingerprint density at radius 1 is 1.12 bits per heavy atom. The van der Waals surface area contributed by atoms with Crippen LogP contribution >= 0.6 is 11.3 Å². The van der Waals surface area contributed by atoms with Gasteiger partial charge in [-0.05, 0) is 24.3 Å². The highest BCUT2D eigenvalue weighted by Crippen LogP contribution is 2.39. The smallest absolute Gasteiger partial charge is 0.203 e. The highest BCUT2D eigenvalue weighted by atomic mass is 32.1. The van der Waals surface area contributed by atoms with E-state index in [0.29, 0.717) is 50.3 Å². The lowest BCUT2D eigenvalue weighted by atomic mass is 9.98. The van der Waals surface area contributed by atoms with Crippen molar-refractivity contribution in [2.75, 3.05) is 21.3 Å². The van der Waals surface area contributed by atoms with E-state index in [1.54, 1.807) is 29.6 Å². The third kappa shape index (κ3) is 3.81. The Bertz CT molecular complexity index is 1230. The van der Waals surface area contributed by atoms with Crippen molar-refractivity contribution in [3.8, 4) is 33.5 Å². The molecule has 0 atom stereocenters. The van der Waals surface area contributed by atoms with Gasteiger partial charge in [0.15, 0.2) is 17.3 Å². The Morgan fingerprint density at radius 2 is 1.88 bits per heavy atom. The summed E-state index contributed by atoms with van der Waals surface area (Å²) in [5.41, 5.74) is 2.52. The van der Waals surface area contributed by atoms with Gasteiger partial charge in [-0.25, -0.2) is 14.6 Å². The van der Waals surface area contributed by atoms with Crippen LogP contribution in [0.5, 0.6) is 17.2 Å². The standard InChI is InChI=1S/C22H20N4O5S/c1-29-17-7-13(8-18(30-2)21(17)31-3)20(28)15-5-4-6-16(19(15)26-12-23-11-24-26)22-25-14(9-27)10-32-22/h4-8,10-12,27H,9H2,1-3H3. The zero-order valence-corrected chi connectivity index (χ0v) is 18.4. The maximum absolute atomic E-state index is 13.7. The van der Waals surface area contributed by atoms with Crippen molar-refractivity contribution in [3.05, 3.63) is 65.2 Å². The molecule has 0 bridgehead atoms. The minimum Gasteiger partial charge on any atom is -0.493 e. The summed E-state index contributed by atoms with van der Waals surface area (Å²) >= 11 is 1.37. The van der Waals surface area contributed by atoms with Gasteiger partial charge in [-0.1, -0.05) is 6.07 Å². The molecule has 0 unspecified atom stereocenters. The minimum atomic E-state index is -0.268. The predicted octanol–water partition coefficient (Wildman–Crippen LogP) is 3.14. The highest BCUT2D eigenvalue weighted by molar-refractivity contribution is 7.13. The van der Waals surface area contributed by atoms with E-state index in [0.717, 1.165) is 0 Å². The molecule has 2 heterocycles. The first-order valence-electron chi connectivity index (χ1n) is 9.49. The van der Waals surface area contributed by atoms with E-state index in [2.05, 4.69) is 15.1 Å². The molecule has 0 spiro atoms. The van der Waals surface area contributed by atoms with E-state index in [1.165, 1.54) is 50.0 Å². The number of thiazole rings is 1. The molecule has 0 aliphatic heterocycles. The fourth-order valence-corrected chi connectivity index (χ4v) is 4.18. The molecule has 164 valence electrons. The minimum absolute atomic E-state index is 0.167. The molecule has 2 aromatic heterocycles. The van der Waals surface area contributed by atoms with Crippen LogP contribution in [0, 0.1) is 0 Å². The molecular formula is C22H20N4O5S. The summed E-state index contributed by atoms with van der Waals surface area (Å²) in [6.07, 6.45) is 2.91. The largest absolute Gasteiger partial charge is 0.493 e. The van der Waals surface area contributed by atoms with Gasteiger partial charge in [-0.2, -0.15) is 5.10 Å². The van der Waals surface area contributed by atoms with Crippen molar-refractivity contribution in [2.45, 2.75) is 6.61 Å². The lowest BCUT2D eigenvalue weighted by Gasteiger charge is -2.16. The van der Waals surface area contributed by atoms with Gasteiger partial charge in [-0.3, -0.25) is 4.79 Å². The lowest BCUT2D eigenvalue weighted by molar-refractivity contribution is 0.103. The normalized spacial score (nSPS) is 10.8. The summed E-state index contributed by atoms with van der Waals surface area (Å²) in [6, 6.07) is 8.56. The third-order valence-electron chi connectivity index (χ3n) is 4.80. The van der Waals surface area contributed by atoms with Crippen molar-refractivity contribution in [2.24, 2.45) is 0 Å². The Kier molecular flexibility index (Phi) is 6.15. The van der Waals surface area contributed by atoms with E-state index in [1.807, 2.05) is 6.07 Å². The van der Waals surface area contributed by atoms with Crippen LogP contribution in [-0.2, 0) is 6.61 Å². The number of aliphatic hydroxyl groups excluding tert-OH is 1. The molecule has 4 rings (SSSR count). The fraction of sp³-hybridized carbons (Fsp3) is 0.182. The van der Waals surface area contributed by atoms with Crippen molar-refractivity contribution in [1.82, 2.24) is 19.7 Å². The van der Waals surface area contributed by atoms with Crippen LogP contribution in [0.1, 0.15) is 21.6 Å². The lowest BCUT2D eigenvalue weighted by Crippen LogP contribution is -2.10. The van der Waals surface area contributed by atoms with Crippen LogP contribution in [0.4, 0.5) is 0 Å². The summed E-state index contributed by atoms with van der Waals surface area (Å²) in [4.78, 5) is 22.2. The monoisotopic (exact) mass is 452 g/mol. The third-order valence-corrected chi connectivity index (χ3v) is 5.72. The Labute approximate surface area is 187 Å². The number of benzene rings is 2. The van der Waals surface area contributed by atoms with Crippen molar-refractivity contribution in [3.63, 3.8) is 0 Å². The molecule has 0 amide bonds. The quantitative estimate of drug-likeness (QED) is 0.406. The number of rotatable bonds is 8. The van der Waals surface area contributed by atoms with Gasteiger partial charge >= 0.3 is 0 Å². The molecule has 1 N–H and O–H groups in total. The first-order chi connectivity index (χ1) is 15.6. The van der Waals surface area contributed by atoms with Crippen molar-refractivity contribution in [1.29, 1.82) is 0 Å². The summed E-state index contributed by atoms with van der Waals surface area (Å²) in [7, 11) is 4.49. The second-order valence-electron chi connectivity index (χ2n) is 6.59. The van der Waals surface area contributed by atoms with Gasteiger partial charge in [0.2, 0.25) is 5.75 Å². The van der Waals surface area contributed by atoms with E-state index < -0.39 is 0 Å². The molecule has 0 fully saturated rings. The van der Waals surface area contributed by atoms with Crippen LogP contribution in [0.3, 0.4) is 0 Å². The van der Waals surface area contributed by atoms with Crippen LogP contribution in [0.2, 0.25) is 0 Å². The number of carbonyl (C=O) groups is 1. The van der Waals surface area contributed by atoms with Gasteiger partial charge in [-0.15, -0.1) is 11.3 Å². The van der Waals surface area contributed by atoms with Crippen LogP contribution in [-0.4, -0.2) is 52.0 Å². The molecule has 2 aromatic carbocycles. The van der Waals surface area contributed by atoms with Gasteiger partial charge in [0.1, 0.15) is 17.7 Å². The van der Waals surface area contributed by atoms with Gasteiger partial charge in [0, 0.05) is 22.1 Å². The summed E-state index contributed by atoms with van der Waals surface area (Å²) in [6.45, 7) is -0.167. The maximum Gasteiger partial charge on any atom is 0.203 e. The van der Waals surface area contributed by atoms with Crippen molar-refractivity contribution >= 4 is 17.1 Å². The number of aliphatic hydroxyl groups is 1. The molecule has 0 radical (unpaired) electrons. The van der Waals surface area contributed by atoms with Crippen LogP contribution < -0.4 is 14.2 Å². The molecule has 10 heteroatoms. The van der Waals surface area contributed by atoms with E-state index in [-0.39, 0.29) is 12.4 Å². The molecule has 9 nitrogen and oxygen atoms in total. The van der Waals surface area contributed by atoms with Crippen molar-refractivity contribution < 1.29 is 24.1 Å². The van der Waals surface area contributed by atoms with E-state index in [9.17, 15) is 9.90 Å². The van der Waals surface area contributed by atoms with Gasteiger partial charge in [0.25, 0.3) is 0 Å². The number of methoxy groups -OCH3 is 3. The van der Waals surface area contributed by atoms with Crippen LogP contribution in [0.25, 0.3) is 16.3 Å². The Balaban J connectivity index is 1.91. The SMILES string of the molecule is COc1cc(C(=O)c2cccc(-c3nc(CO)cs3)c2-n2cncn2)cc(OC)c1OC. The molecule has 0 saturated carbocycles. The second kappa shape index (κ2) is 9.16. The molecule has 0 aliphatic rings. The summed E-state index contributed by atoms with van der Waals surface area (Å²) < 4.78 is 17.7. The van der Waals surface area contributed by atoms with Crippen LogP contribution in [0.15, 0.2) is 48.4 Å². The van der Waals surface area contributed by atoms with E-state index in [4.69, 9.17) is 14.2 Å². The first kappa shape index (κ1) is 21.5. The summed E-state index contributed by atoms with van der Waals surface area (Å²) in [5, 5.41) is 16.1. The number of ketones is 1. The van der Waals surface area contributed by atoms with E-state index >= 15 is 0 Å². The zero-order chi connectivity index (χ0) is 22.7. The Morgan fingerprint density at radius 3 is 2.44 bits per heavy atom. The number of hydrogen-bond donors (Lipinski definition) is 1. The second-order valence-corrected chi connectivity index (χ2v) is 7.45. The number of aromatic nitrogens is 4. The predicted molar refractivity (Wildman–Crippen MR) is 118 cm³/mol. The number of nitrogens with zero attached hydrogens (tertiary/aromatic N) is 4. The number of hydrogen-bond acceptors (Lipinski definition) is 9.